The van der Waals surface area contributed by atoms with Gasteiger partial charge in [-0.15, -0.1) is 11.8 Å². The number of anilines is 1. The average Bonchev–Trinajstić information content (AvgIpc) is 3.70. The third kappa shape index (κ3) is 7.33. The number of ether oxygens (including phenoxy) is 3. The minimum Gasteiger partial charge on any atom is -0.493 e. The van der Waals surface area contributed by atoms with E-state index in [1.54, 1.807) is 18.2 Å². The maximum Gasteiger partial charge on any atom is 0.338 e. The second-order valence-corrected chi connectivity index (χ2v) is 12.0. The zero-order chi connectivity index (χ0) is 32.9. The number of methoxy groups -OCH3 is 1. The van der Waals surface area contributed by atoms with E-state index in [9.17, 15) is 18.4 Å². The first-order chi connectivity index (χ1) is 22.8. The number of hydrogen-bond acceptors (Lipinski definition) is 8. The number of likely N-dealkylation sites (tertiary alicyclic amines) is 1. The topological polar surface area (TPSA) is 105 Å². The predicted molar refractivity (Wildman–Crippen MR) is 171 cm³/mol. The number of halogens is 3. The predicted octanol–water partition coefficient (Wildman–Crippen LogP) is 6.63. The van der Waals surface area contributed by atoms with E-state index in [0.29, 0.717) is 34.8 Å². The quantitative estimate of drug-likeness (QED) is 0.172. The molecule has 1 atom stereocenters. The van der Waals surface area contributed by atoms with Gasteiger partial charge in [-0.25, -0.2) is 28.4 Å². The molecule has 2 fully saturated rings. The van der Waals surface area contributed by atoms with Crippen molar-refractivity contribution in [3.05, 3.63) is 83.8 Å². The fourth-order valence-corrected chi connectivity index (χ4v) is 6.67. The van der Waals surface area contributed by atoms with Gasteiger partial charge < -0.3 is 24.4 Å². The normalized spacial score (nSPS) is 16.5. The summed E-state index contributed by atoms with van der Waals surface area (Å²) >= 11 is 0.962. The number of benzene rings is 3. The lowest BCUT2D eigenvalue weighted by Gasteiger charge is -2.25. The molecule has 14 heteroatoms. The summed E-state index contributed by atoms with van der Waals surface area (Å²) in [6, 6.07) is 11.3. The van der Waals surface area contributed by atoms with Gasteiger partial charge in [0.15, 0.2) is 23.1 Å². The van der Waals surface area contributed by atoms with Crippen LogP contribution in [0, 0.1) is 17.5 Å². The van der Waals surface area contributed by atoms with Crippen molar-refractivity contribution in [1.82, 2.24) is 20.3 Å². The molecule has 1 aromatic heterocycles. The molecule has 6 rings (SSSR count). The Balaban J connectivity index is 1.11. The lowest BCUT2D eigenvalue weighted by atomic mass is 10.1. The third-order valence-electron chi connectivity index (χ3n) is 7.81. The number of pyridine rings is 1. The monoisotopic (exact) mass is 667 g/mol. The van der Waals surface area contributed by atoms with Crippen LogP contribution in [0.25, 0.3) is 10.9 Å². The van der Waals surface area contributed by atoms with Crippen molar-refractivity contribution in [1.29, 1.82) is 0 Å². The molecule has 0 radical (unpaired) electrons. The van der Waals surface area contributed by atoms with Crippen molar-refractivity contribution in [2.45, 2.75) is 24.6 Å². The molecule has 0 saturated carbocycles. The molecule has 2 saturated heterocycles. The van der Waals surface area contributed by atoms with Crippen LogP contribution in [0.3, 0.4) is 0 Å². The van der Waals surface area contributed by atoms with E-state index in [1.807, 2.05) is 0 Å². The van der Waals surface area contributed by atoms with Crippen LogP contribution in [0.1, 0.15) is 30.2 Å². The van der Waals surface area contributed by atoms with Crippen LogP contribution in [-0.2, 0) is 4.79 Å². The Morgan fingerprint density at radius 2 is 1.77 bits per heavy atom. The fourth-order valence-electron chi connectivity index (χ4n) is 5.52. The van der Waals surface area contributed by atoms with Gasteiger partial charge in [0, 0.05) is 35.9 Å². The van der Waals surface area contributed by atoms with Gasteiger partial charge >= 0.3 is 6.03 Å². The van der Waals surface area contributed by atoms with Gasteiger partial charge in [-0.2, -0.15) is 0 Å². The highest BCUT2D eigenvalue weighted by molar-refractivity contribution is 8.00. The number of nitrogens with one attached hydrogen (secondary N) is 2. The molecule has 2 aliphatic rings. The lowest BCUT2D eigenvalue weighted by Crippen LogP contribution is -2.46. The van der Waals surface area contributed by atoms with E-state index in [-0.39, 0.29) is 22.8 Å². The van der Waals surface area contributed by atoms with E-state index < -0.39 is 34.8 Å². The van der Waals surface area contributed by atoms with Crippen LogP contribution >= 0.6 is 11.8 Å². The van der Waals surface area contributed by atoms with E-state index in [1.165, 1.54) is 44.3 Å². The maximum absolute atomic E-state index is 15.2. The minimum atomic E-state index is -1.11. The molecule has 4 aromatic rings. The molecule has 0 aliphatic carbocycles. The summed E-state index contributed by atoms with van der Waals surface area (Å²) < 4.78 is 61.5. The Morgan fingerprint density at radius 3 is 2.51 bits per heavy atom. The van der Waals surface area contributed by atoms with Gasteiger partial charge in [-0.05, 0) is 68.8 Å². The fraction of sp³-hybridized carbons (Fsp3) is 0.303. The first-order valence-electron chi connectivity index (χ1n) is 15.0. The number of fused-ring (bicyclic) bond motifs is 1. The van der Waals surface area contributed by atoms with Crippen LogP contribution in [0.4, 0.5) is 23.7 Å². The van der Waals surface area contributed by atoms with E-state index in [2.05, 4.69) is 20.6 Å². The number of hydrogen-bond donors (Lipinski definition) is 2. The number of nitrogens with zero attached hydrogens (tertiary/aromatic N) is 3. The summed E-state index contributed by atoms with van der Waals surface area (Å²) in [6.07, 6.45) is 4.90. The number of aromatic nitrogens is 1. The largest absolute Gasteiger partial charge is 0.493 e. The zero-order valence-corrected chi connectivity index (χ0v) is 26.2. The van der Waals surface area contributed by atoms with Crippen molar-refractivity contribution in [3.8, 4) is 23.0 Å². The summed E-state index contributed by atoms with van der Waals surface area (Å²) in [5, 5.41) is 2.74. The molecule has 3 amide bonds. The number of rotatable bonds is 11. The number of carbonyl (C=O) groups is 2. The number of thioether (sulfide) groups is 1. The average molecular weight is 668 g/mol. The van der Waals surface area contributed by atoms with Crippen LogP contribution < -0.4 is 25.0 Å². The molecule has 3 aromatic carbocycles. The minimum absolute atomic E-state index is 0.0491. The van der Waals surface area contributed by atoms with Crippen molar-refractivity contribution >= 4 is 40.3 Å². The summed E-state index contributed by atoms with van der Waals surface area (Å²) in [5.74, 6) is -1.89. The standard InChI is InChI=1S/C33H32F3N5O5S/c1-44-28-17-21-25(18-29(28)45-15-5-14-40-12-2-3-13-40)37-11-10-26(21)46-27-9-8-20(16-24(27)36)38-33(43)39-41-30(42)19-47-32(41)31-22(34)6-4-7-23(31)35/h4,6-11,16-18,32H,2-3,5,12-15,19H2,1H3,(H2,38,39,43). The third-order valence-corrected chi connectivity index (χ3v) is 8.98. The van der Waals surface area contributed by atoms with Crippen LogP contribution in [0.2, 0.25) is 0 Å². The van der Waals surface area contributed by atoms with Gasteiger partial charge in [-0.1, -0.05) is 6.07 Å². The summed E-state index contributed by atoms with van der Waals surface area (Å²) in [5.41, 5.74) is 2.58. The van der Waals surface area contributed by atoms with Gasteiger partial charge in [0.1, 0.15) is 22.8 Å². The SMILES string of the molecule is COc1cc2c(Oc3ccc(NC(=O)NN4C(=O)CSC4c4c(F)cccc4F)cc3F)ccnc2cc1OCCCN1CCCC1. The number of amides is 3. The van der Waals surface area contributed by atoms with Gasteiger partial charge in [0.05, 0.1) is 30.5 Å². The Bertz CT molecular complexity index is 1770. The van der Waals surface area contributed by atoms with Crippen molar-refractivity contribution < 1.29 is 37.0 Å². The summed E-state index contributed by atoms with van der Waals surface area (Å²) in [6.45, 7) is 3.76. The highest BCUT2D eigenvalue weighted by atomic mass is 32.2. The molecule has 2 N–H and O–H groups in total. The van der Waals surface area contributed by atoms with Crippen molar-refractivity contribution in [3.63, 3.8) is 0 Å². The molecular weight excluding hydrogens is 635 g/mol. The molecular formula is C33H32F3N5O5S. The molecule has 47 heavy (non-hydrogen) atoms. The number of carbonyl (C=O) groups excluding carboxylic acids is 2. The number of hydrazine groups is 1. The lowest BCUT2D eigenvalue weighted by molar-refractivity contribution is -0.130. The van der Waals surface area contributed by atoms with Crippen molar-refractivity contribution in [2.24, 2.45) is 0 Å². The zero-order valence-electron chi connectivity index (χ0n) is 25.4. The van der Waals surface area contributed by atoms with E-state index in [4.69, 9.17) is 14.2 Å². The van der Waals surface area contributed by atoms with E-state index in [0.717, 1.165) is 61.0 Å². The Labute approximate surface area is 273 Å². The molecule has 3 heterocycles. The second kappa shape index (κ2) is 14.4. The van der Waals surface area contributed by atoms with Crippen LogP contribution in [0.5, 0.6) is 23.0 Å². The molecule has 246 valence electrons. The molecule has 0 spiro atoms. The summed E-state index contributed by atoms with van der Waals surface area (Å²) in [4.78, 5) is 32.0. The van der Waals surface area contributed by atoms with Gasteiger partial charge in [0.25, 0.3) is 5.91 Å². The Morgan fingerprint density at radius 1 is 0.979 bits per heavy atom. The van der Waals surface area contributed by atoms with Crippen LogP contribution in [-0.4, -0.2) is 65.9 Å². The smallest absolute Gasteiger partial charge is 0.338 e. The number of urea groups is 1. The van der Waals surface area contributed by atoms with Gasteiger partial charge in [-0.3, -0.25) is 9.78 Å². The Hall–Kier alpha value is -4.69. The first-order valence-corrected chi connectivity index (χ1v) is 16.1. The highest BCUT2D eigenvalue weighted by Crippen LogP contribution is 2.40. The summed E-state index contributed by atoms with van der Waals surface area (Å²) in [7, 11) is 1.54. The Kier molecular flexibility index (Phi) is 9.87. The van der Waals surface area contributed by atoms with Crippen LogP contribution in [0.15, 0.2) is 60.8 Å². The maximum atomic E-state index is 15.2. The first kappa shape index (κ1) is 32.3. The molecule has 2 aliphatic heterocycles. The molecule has 1 unspecified atom stereocenters. The molecule has 0 bridgehead atoms. The highest BCUT2D eigenvalue weighted by Gasteiger charge is 2.37. The van der Waals surface area contributed by atoms with E-state index >= 15 is 4.39 Å². The molecule has 10 nitrogen and oxygen atoms in total. The second-order valence-electron chi connectivity index (χ2n) is 11.0. The van der Waals surface area contributed by atoms with Gasteiger partial charge in [0.2, 0.25) is 0 Å². The van der Waals surface area contributed by atoms with Crippen molar-refractivity contribution in [2.75, 3.05) is 44.4 Å².